The Morgan fingerprint density at radius 3 is 2.42 bits per heavy atom. The lowest BCUT2D eigenvalue weighted by Gasteiger charge is -2.40. The molecule has 1 fully saturated rings. The van der Waals surface area contributed by atoms with Gasteiger partial charge in [0.25, 0.3) is 0 Å². The third-order valence-electron chi connectivity index (χ3n) is 6.89. The molecule has 1 aliphatic carbocycles. The van der Waals surface area contributed by atoms with Crippen molar-refractivity contribution in [3.63, 3.8) is 0 Å². The number of esters is 1. The van der Waals surface area contributed by atoms with Gasteiger partial charge in [-0.15, -0.1) is 0 Å². The lowest BCUT2D eigenvalue weighted by atomic mass is 9.73. The van der Waals surface area contributed by atoms with Crippen LogP contribution < -0.4 is 4.90 Å². The second-order valence-corrected chi connectivity index (χ2v) is 10.4. The molecule has 0 unspecified atom stereocenters. The monoisotopic (exact) mass is 466 g/mol. The molecular weight excluding hydrogens is 432 g/mol. The van der Waals surface area contributed by atoms with E-state index >= 15 is 0 Å². The summed E-state index contributed by atoms with van der Waals surface area (Å²) in [7, 11) is 0. The number of halogens is 1. The van der Waals surface area contributed by atoms with Gasteiger partial charge in [0.1, 0.15) is 0 Å². The third kappa shape index (κ3) is 5.80. The summed E-state index contributed by atoms with van der Waals surface area (Å²) >= 11 is 6.14. The van der Waals surface area contributed by atoms with Crippen LogP contribution in [0, 0.1) is 5.41 Å². The summed E-state index contributed by atoms with van der Waals surface area (Å²) in [5.41, 5.74) is 6.36. The maximum Gasteiger partial charge on any atom is 0.340 e. The first-order valence-corrected chi connectivity index (χ1v) is 12.4. The van der Waals surface area contributed by atoms with Gasteiger partial charge in [0.05, 0.1) is 17.9 Å². The van der Waals surface area contributed by atoms with Crippen molar-refractivity contribution in [1.29, 1.82) is 0 Å². The van der Waals surface area contributed by atoms with Crippen LogP contribution >= 0.6 is 11.6 Å². The molecule has 4 rings (SSSR count). The Labute approximate surface area is 203 Å². The van der Waals surface area contributed by atoms with Gasteiger partial charge in [-0.1, -0.05) is 55.3 Å². The van der Waals surface area contributed by atoms with Gasteiger partial charge in [-0.2, -0.15) is 0 Å². The van der Waals surface area contributed by atoms with Crippen LogP contribution in [0.4, 0.5) is 5.69 Å². The summed E-state index contributed by atoms with van der Waals surface area (Å²) in [5.74, 6) is -0.238. The van der Waals surface area contributed by atoms with Crippen LogP contribution in [0.1, 0.15) is 56.0 Å². The van der Waals surface area contributed by atoms with E-state index in [9.17, 15) is 4.79 Å². The Morgan fingerprint density at radius 1 is 1.03 bits per heavy atom. The average Bonchev–Trinajstić information content (AvgIpc) is 2.80. The van der Waals surface area contributed by atoms with Gasteiger partial charge in [0.2, 0.25) is 0 Å². The molecule has 2 aromatic rings. The number of benzene rings is 2. The first-order valence-electron chi connectivity index (χ1n) is 12.1. The molecule has 1 aliphatic heterocycles. The molecule has 0 N–H and O–H groups in total. The molecule has 0 atom stereocenters. The zero-order valence-electron chi connectivity index (χ0n) is 20.1. The molecule has 1 heterocycles. The minimum absolute atomic E-state index is 0.238. The molecule has 2 aliphatic rings. The Morgan fingerprint density at radius 2 is 1.73 bits per heavy atom. The molecule has 0 saturated carbocycles. The minimum Gasteiger partial charge on any atom is -0.462 e. The lowest BCUT2D eigenvalue weighted by molar-refractivity contribution is 0.0527. The van der Waals surface area contributed by atoms with Gasteiger partial charge in [-0.25, -0.2) is 4.79 Å². The minimum atomic E-state index is -0.238. The van der Waals surface area contributed by atoms with Crippen molar-refractivity contribution < 1.29 is 9.53 Å². The van der Waals surface area contributed by atoms with E-state index in [1.165, 1.54) is 17.6 Å². The number of carbonyl (C=O) groups is 1. The number of carbonyl (C=O) groups excluding carboxylic acids is 1. The zero-order chi connectivity index (χ0) is 23.4. The van der Waals surface area contributed by atoms with Gasteiger partial charge < -0.3 is 9.64 Å². The van der Waals surface area contributed by atoms with Crippen LogP contribution in [-0.2, 0) is 4.74 Å². The van der Waals surface area contributed by atoms with Crippen molar-refractivity contribution in [2.45, 2.75) is 40.0 Å². The number of anilines is 1. The normalized spacial score (nSPS) is 19.0. The SMILES string of the molecule is CCOC(=O)c1ccccc1N1CCN(CC2=C(c3ccc(Cl)cc3)CCC(C)(C)C2)CC1. The number of hydrogen-bond donors (Lipinski definition) is 0. The van der Waals surface area contributed by atoms with Crippen molar-refractivity contribution >= 4 is 28.8 Å². The highest BCUT2D eigenvalue weighted by Gasteiger charge is 2.30. The van der Waals surface area contributed by atoms with Crippen LogP contribution in [0.15, 0.2) is 54.1 Å². The highest BCUT2D eigenvalue weighted by atomic mass is 35.5. The Balaban J connectivity index is 1.47. The highest BCUT2D eigenvalue weighted by Crippen LogP contribution is 2.42. The van der Waals surface area contributed by atoms with E-state index in [1.807, 2.05) is 43.3 Å². The number of allylic oxidation sites excluding steroid dienone is 1. The van der Waals surface area contributed by atoms with Gasteiger partial charge in [-0.05, 0) is 67.0 Å². The lowest BCUT2D eigenvalue weighted by Crippen LogP contribution is -2.47. The van der Waals surface area contributed by atoms with E-state index in [2.05, 4.69) is 35.8 Å². The molecule has 0 bridgehead atoms. The molecule has 0 spiro atoms. The Bertz CT molecular complexity index is 1000. The molecule has 5 heteroatoms. The van der Waals surface area contributed by atoms with Crippen LogP contribution in [0.3, 0.4) is 0 Å². The van der Waals surface area contributed by atoms with Crippen molar-refractivity contribution in [2.75, 3.05) is 44.2 Å². The average molecular weight is 467 g/mol. The number of para-hydroxylation sites is 1. The summed E-state index contributed by atoms with van der Waals surface area (Å²) in [5, 5.41) is 0.788. The maximum absolute atomic E-state index is 12.4. The van der Waals surface area contributed by atoms with Crippen molar-refractivity contribution in [3.05, 3.63) is 70.3 Å². The number of hydrogen-bond acceptors (Lipinski definition) is 4. The molecular formula is C28H35ClN2O2. The standard InChI is InChI=1S/C28H35ClN2O2/c1-4-33-27(32)25-7-5-6-8-26(25)31-17-15-30(16-18-31)20-22-19-28(2,3)14-13-24(22)21-9-11-23(29)12-10-21/h5-12H,4,13-20H2,1-3H3. The number of piperazine rings is 1. The Kier molecular flexibility index (Phi) is 7.45. The van der Waals surface area contributed by atoms with Crippen LogP contribution in [0.25, 0.3) is 5.57 Å². The van der Waals surface area contributed by atoms with Crippen molar-refractivity contribution in [3.8, 4) is 0 Å². The van der Waals surface area contributed by atoms with Gasteiger partial charge in [0.15, 0.2) is 0 Å². The molecule has 176 valence electrons. The second kappa shape index (κ2) is 10.3. The fraction of sp³-hybridized carbons (Fsp3) is 0.464. The topological polar surface area (TPSA) is 32.8 Å². The summed E-state index contributed by atoms with van der Waals surface area (Å²) in [6.45, 7) is 11.8. The predicted molar refractivity (Wildman–Crippen MR) is 137 cm³/mol. The first kappa shape index (κ1) is 23.8. The smallest absolute Gasteiger partial charge is 0.340 e. The van der Waals surface area contributed by atoms with Gasteiger partial charge >= 0.3 is 5.97 Å². The van der Waals surface area contributed by atoms with Crippen molar-refractivity contribution in [2.24, 2.45) is 5.41 Å². The van der Waals surface area contributed by atoms with Crippen LogP contribution in [0.2, 0.25) is 5.02 Å². The summed E-state index contributed by atoms with van der Waals surface area (Å²) < 4.78 is 5.27. The fourth-order valence-electron chi connectivity index (χ4n) is 5.11. The van der Waals surface area contributed by atoms with E-state index < -0.39 is 0 Å². The van der Waals surface area contributed by atoms with Crippen LogP contribution in [0.5, 0.6) is 0 Å². The first-order chi connectivity index (χ1) is 15.9. The fourth-order valence-corrected chi connectivity index (χ4v) is 5.24. The van der Waals surface area contributed by atoms with E-state index in [-0.39, 0.29) is 5.97 Å². The van der Waals surface area contributed by atoms with E-state index in [0.717, 1.165) is 56.3 Å². The van der Waals surface area contributed by atoms with Gasteiger partial charge in [-0.3, -0.25) is 4.90 Å². The molecule has 2 aromatic carbocycles. The number of rotatable bonds is 6. The third-order valence-corrected chi connectivity index (χ3v) is 7.14. The van der Waals surface area contributed by atoms with Crippen LogP contribution in [-0.4, -0.2) is 50.2 Å². The van der Waals surface area contributed by atoms with Crippen molar-refractivity contribution in [1.82, 2.24) is 4.90 Å². The molecule has 4 nitrogen and oxygen atoms in total. The largest absolute Gasteiger partial charge is 0.462 e. The summed E-state index contributed by atoms with van der Waals surface area (Å²) in [6.07, 6.45) is 3.47. The maximum atomic E-state index is 12.4. The molecule has 0 amide bonds. The molecule has 0 radical (unpaired) electrons. The molecule has 1 saturated heterocycles. The van der Waals surface area contributed by atoms with Gasteiger partial charge in [0, 0.05) is 37.7 Å². The number of ether oxygens (including phenoxy) is 1. The van der Waals surface area contributed by atoms with E-state index in [0.29, 0.717) is 17.6 Å². The molecule has 33 heavy (non-hydrogen) atoms. The van der Waals surface area contributed by atoms with E-state index in [1.54, 1.807) is 5.57 Å². The second-order valence-electron chi connectivity index (χ2n) is 9.93. The number of nitrogens with zero attached hydrogens (tertiary/aromatic N) is 2. The highest BCUT2D eigenvalue weighted by molar-refractivity contribution is 6.30. The summed E-state index contributed by atoms with van der Waals surface area (Å²) in [6, 6.07) is 16.1. The zero-order valence-corrected chi connectivity index (χ0v) is 20.8. The quantitative estimate of drug-likeness (QED) is 0.467. The predicted octanol–water partition coefficient (Wildman–Crippen LogP) is 6.30. The van der Waals surface area contributed by atoms with E-state index in [4.69, 9.17) is 16.3 Å². The summed E-state index contributed by atoms with van der Waals surface area (Å²) in [4.78, 5) is 17.3. The Hall–Kier alpha value is -2.30. The molecule has 0 aromatic heterocycles.